The van der Waals surface area contributed by atoms with Crippen LogP contribution in [0.4, 0.5) is 0 Å². The number of carbonyl (C=O) groups excluding carboxylic acids is 1. The van der Waals surface area contributed by atoms with Gasteiger partial charge in [0.05, 0.1) is 12.3 Å². The number of rotatable bonds is 3. The molecule has 108 valence electrons. The molecule has 6 heteroatoms. The van der Waals surface area contributed by atoms with Crippen molar-refractivity contribution in [1.29, 1.82) is 0 Å². The highest BCUT2D eigenvalue weighted by molar-refractivity contribution is 5.96. The predicted octanol–water partition coefficient (Wildman–Crippen LogP) is 2.48. The molecule has 0 bridgehead atoms. The Kier molecular flexibility index (Phi) is 4.55. The summed E-state index contributed by atoms with van der Waals surface area (Å²) in [6, 6.07) is 0. The van der Waals surface area contributed by atoms with Gasteiger partial charge in [-0.3, -0.25) is 0 Å². The van der Waals surface area contributed by atoms with Gasteiger partial charge in [0.1, 0.15) is 0 Å². The van der Waals surface area contributed by atoms with Crippen LogP contribution in [0.1, 0.15) is 48.0 Å². The largest absolute Gasteiger partial charge is 0.479 e. The smallest absolute Gasteiger partial charge is 0.381 e. The van der Waals surface area contributed by atoms with Crippen LogP contribution in [0.2, 0.25) is 0 Å². The minimum absolute atomic E-state index is 0.136. The van der Waals surface area contributed by atoms with Gasteiger partial charge in [-0.1, -0.05) is 25.9 Å². The first-order valence-corrected chi connectivity index (χ1v) is 6.33. The Hall–Kier alpha value is -1.59. The van der Waals surface area contributed by atoms with Crippen molar-refractivity contribution >= 4 is 17.6 Å². The lowest BCUT2D eigenvalue weighted by atomic mass is 9.84. The fourth-order valence-corrected chi connectivity index (χ4v) is 1.49. The summed E-state index contributed by atoms with van der Waals surface area (Å²) in [7, 11) is 0. The van der Waals surface area contributed by atoms with Crippen molar-refractivity contribution in [3.05, 3.63) is 0 Å². The van der Waals surface area contributed by atoms with E-state index in [2.05, 4.69) is 10.3 Å². The molecule has 0 aliphatic carbocycles. The van der Waals surface area contributed by atoms with Gasteiger partial charge in [0.2, 0.25) is 11.5 Å². The first kappa shape index (κ1) is 15.5. The van der Waals surface area contributed by atoms with Gasteiger partial charge in [0.15, 0.2) is 0 Å². The first-order chi connectivity index (χ1) is 8.69. The zero-order chi connectivity index (χ0) is 14.7. The summed E-state index contributed by atoms with van der Waals surface area (Å²) < 4.78 is 5.07. The van der Waals surface area contributed by atoms with Crippen molar-refractivity contribution in [1.82, 2.24) is 0 Å². The van der Waals surface area contributed by atoms with Crippen LogP contribution in [0, 0.1) is 5.41 Å². The Bertz CT molecular complexity index is 409. The molecule has 19 heavy (non-hydrogen) atoms. The Labute approximate surface area is 113 Å². The van der Waals surface area contributed by atoms with E-state index in [0.717, 1.165) is 5.71 Å². The lowest BCUT2D eigenvalue weighted by Gasteiger charge is -2.20. The SMILES string of the molecule is CCO/C(C)=N/OC(=O)C1(C)CC(C(C)(C)C)=NO1. The molecular formula is C13H22N2O4. The second kappa shape index (κ2) is 5.59. The van der Waals surface area contributed by atoms with Crippen LogP contribution in [-0.2, 0) is 19.2 Å². The molecular weight excluding hydrogens is 248 g/mol. The average molecular weight is 270 g/mol. The molecule has 0 fully saturated rings. The Morgan fingerprint density at radius 1 is 1.53 bits per heavy atom. The third kappa shape index (κ3) is 3.94. The molecule has 0 N–H and O–H groups in total. The number of hydrogen-bond acceptors (Lipinski definition) is 6. The van der Waals surface area contributed by atoms with Crippen molar-refractivity contribution in [3.63, 3.8) is 0 Å². The quantitative estimate of drug-likeness (QED) is 0.342. The van der Waals surface area contributed by atoms with Crippen LogP contribution in [0.5, 0.6) is 0 Å². The highest BCUT2D eigenvalue weighted by Crippen LogP contribution is 2.32. The minimum Gasteiger partial charge on any atom is -0.479 e. The van der Waals surface area contributed by atoms with Crippen LogP contribution in [-0.4, -0.2) is 29.8 Å². The normalized spacial score (nSPS) is 23.7. The lowest BCUT2D eigenvalue weighted by Crippen LogP contribution is -2.37. The van der Waals surface area contributed by atoms with E-state index in [9.17, 15) is 4.79 Å². The summed E-state index contributed by atoms with van der Waals surface area (Å²) in [5.41, 5.74) is -0.418. The number of ether oxygens (including phenoxy) is 1. The van der Waals surface area contributed by atoms with E-state index in [0.29, 0.717) is 18.9 Å². The number of nitrogens with zero attached hydrogens (tertiary/aromatic N) is 2. The van der Waals surface area contributed by atoms with Crippen molar-refractivity contribution in [2.75, 3.05) is 6.61 Å². The van der Waals surface area contributed by atoms with Crippen molar-refractivity contribution in [2.45, 2.75) is 53.6 Å². The second-order valence-electron chi connectivity index (χ2n) is 5.71. The summed E-state index contributed by atoms with van der Waals surface area (Å²) in [5.74, 6) is -0.274. The fourth-order valence-electron chi connectivity index (χ4n) is 1.49. The van der Waals surface area contributed by atoms with E-state index < -0.39 is 11.6 Å². The molecule has 1 rings (SSSR count). The lowest BCUT2D eigenvalue weighted by molar-refractivity contribution is -0.167. The molecule has 0 radical (unpaired) electrons. The molecule has 0 aromatic heterocycles. The van der Waals surface area contributed by atoms with Gasteiger partial charge in [-0.25, -0.2) is 4.79 Å². The van der Waals surface area contributed by atoms with Gasteiger partial charge in [-0.15, -0.1) is 0 Å². The van der Waals surface area contributed by atoms with Gasteiger partial charge in [0.25, 0.3) is 0 Å². The van der Waals surface area contributed by atoms with Gasteiger partial charge in [0, 0.05) is 18.8 Å². The van der Waals surface area contributed by atoms with Crippen LogP contribution in [0.25, 0.3) is 0 Å². The van der Waals surface area contributed by atoms with Crippen molar-refractivity contribution in [3.8, 4) is 0 Å². The topological polar surface area (TPSA) is 69.5 Å². The molecule has 1 aliphatic heterocycles. The fraction of sp³-hybridized carbons (Fsp3) is 0.769. The molecule has 0 spiro atoms. The summed E-state index contributed by atoms with van der Waals surface area (Å²) in [4.78, 5) is 22.0. The molecule has 1 unspecified atom stereocenters. The summed E-state index contributed by atoms with van der Waals surface area (Å²) in [6.45, 7) is 11.6. The number of carbonyl (C=O) groups is 1. The van der Waals surface area contributed by atoms with Crippen LogP contribution < -0.4 is 0 Å². The van der Waals surface area contributed by atoms with Crippen molar-refractivity contribution < 1.29 is 19.2 Å². The summed E-state index contributed by atoms with van der Waals surface area (Å²) >= 11 is 0. The van der Waals surface area contributed by atoms with E-state index in [-0.39, 0.29) is 5.41 Å². The number of oxime groups is 2. The maximum Gasteiger partial charge on any atom is 0.381 e. The number of hydrogen-bond donors (Lipinski definition) is 0. The van der Waals surface area contributed by atoms with E-state index >= 15 is 0 Å². The zero-order valence-electron chi connectivity index (χ0n) is 12.4. The Morgan fingerprint density at radius 3 is 2.63 bits per heavy atom. The second-order valence-corrected chi connectivity index (χ2v) is 5.71. The van der Waals surface area contributed by atoms with E-state index in [1.54, 1.807) is 13.8 Å². The standard InChI is InChI=1S/C13H22N2O4/c1-7-17-9(2)14-18-11(16)13(6)8-10(15-19-13)12(3,4)5/h7-8H2,1-6H3/b14-9+. The maximum absolute atomic E-state index is 12.0. The highest BCUT2D eigenvalue weighted by atomic mass is 16.7. The molecule has 1 heterocycles. The predicted molar refractivity (Wildman–Crippen MR) is 71.8 cm³/mol. The molecule has 1 aliphatic rings. The van der Waals surface area contributed by atoms with Gasteiger partial charge in [-0.2, -0.15) is 0 Å². The average Bonchev–Trinajstić information content (AvgIpc) is 2.70. The molecule has 0 aromatic rings. The van der Waals surface area contributed by atoms with Gasteiger partial charge >= 0.3 is 5.97 Å². The van der Waals surface area contributed by atoms with E-state index in [1.807, 2.05) is 27.7 Å². The third-order valence-electron chi connectivity index (χ3n) is 2.77. The zero-order valence-corrected chi connectivity index (χ0v) is 12.4. The van der Waals surface area contributed by atoms with E-state index in [4.69, 9.17) is 14.4 Å². The minimum atomic E-state index is -1.11. The van der Waals surface area contributed by atoms with Crippen LogP contribution in [0.15, 0.2) is 10.3 Å². The van der Waals surface area contributed by atoms with Crippen LogP contribution in [0.3, 0.4) is 0 Å². The Morgan fingerprint density at radius 2 is 2.16 bits per heavy atom. The Balaban J connectivity index is 2.63. The maximum atomic E-state index is 12.0. The van der Waals surface area contributed by atoms with Crippen molar-refractivity contribution in [2.24, 2.45) is 15.7 Å². The van der Waals surface area contributed by atoms with Crippen LogP contribution >= 0.6 is 0 Å². The monoisotopic (exact) mass is 270 g/mol. The molecule has 0 saturated carbocycles. The molecule has 6 nitrogen and oxygen atoms in total. The third-order valence-corrected chi connectivity index (χ3v) is 2.77. The van der Waals surface area contributed by atoms with Gasteiger partial charge in [-0.05, 0) is 19.0 Å². The first-order valence-electron chi connectivity index (χ1n) is 6.33. The molecule has 0 aromatic carbocycles. The summed E-state index contributed by atoms with van der Waals surface area (Å²) in [5, 5.41) is 7.59. The summed E-state index contributed by atoms with van der Waals surface area (Å²) in [6.07, 6.45) is 0.401. The molecule has 0 saturated heterocycles. The van der Waals surface area contributed by atoms with Gasteiger partial charge < -0.3 is 14.4 Å². The molecule has 0 amide bonds. The highest BCUT2D eigenvalue weighted by Gasteiger charge is 2.46. The molecule has 1 atom stereocenters. The van der Waals surface area contributed by atoms with E-state index in [1.165, 1.54) is 0 Å².